The Bertz CT molecular complexity index is 390. The second-order valence-corrected chi connectivity index (χ2v) is 4.10. The second kappa shape index (κ2) is 7.10. The first-order chi connectivity index (χ1) is 8.63. The molecule has 6 nitrogen and oxygen atoms in total. The number of esters is 1. The molecule has 102 valence electrons. The van der Waals surface area contributed by atoms with Crippen LogP contribution < -0.4 is 0 Å². The molecule has 0 aliphatic rings. The summed E-state index contributed by atoms with van der Waals surface area (Å²) in [5.41, 5.74) is 1.01. The summed E-state index contributed by atoms with van der Waals surface area (Å²) in [4.78, 5) is 11.7. The Morgan fingerprint density at radius 2 is 2.17 bits per heavy atom. The van der Waals surface area contributed by atoms with Gasteiger partial charge in [0.1, 0.15) is 0 Å². The van der Waals surface area contributed by atoms with Gasteiger partial charge >= 0.3 is 5.97 Å². The maximum atomic E-state index is 11.7. The van der Waals surface area contributed by atoms with E-state index in [-0.39, 0.29) is 5.69 Å². The SMILES string of the molecule is CCCc1c(C(=O)OCC)nnn1CC(O)CC. The van der Waals surface area contributed by atoms with Crippen LogP contribution in [0.5, 0.6) is 0 Å². The van der Waals surface area contributed by atoms with E-state index in [1.165, 1.54) is 0 Å². The van der Waals surface area contributed by atoms with Crippen LogP contribution in [-0.4, -0.2) is 38.8 Å². The molecular formula is C12H21N3O3. The molecule has 0 bridgehead atoms. The number of aliphatic hydroxyl groups is 1. The van der Waals surface area contributed by atoms with Gasteiger partial charge in [-0.25, -0.2) is 9.48 Å². The number of carbonyl (C=O) groups excluding carboxylic acids is 1. The fourth-order valence-corrected chi connectivity index (χ4v) is 1.65. The first-order valence-corrected chi connectivity index (χ1v) is 6.41. The van der Waals surface area contributed by atoms with Gasteiger partial charge in [-0.2, -0.15) is 0 Å². The van der Waals surface area contributed by atoms with Crippen molar-refractivity contribution >= 4 is 5.97 Å². The lowest BCUT2D eigenvalue weighted by Crippen LogP contribution is -2.18. The number of hydrogen-bond acceptors (Lipinski definition) is 5. The number of aliphatic hydroxyl groups excluding tert-OH is 1. The largest absolute Gasteiger partial charge is 0.461 e. The van der Waals surface area contributed by atoms with Crippen LogP contribution in [0.15, 0.2) is 0 Å². The van der Waals surface area contributed by atoms with Crippen LogP contribution in [0.3, 0.4) is 0 Å². The summed E-state index contributed by atoms with van der Waals surface area (Å²) in [5, 5.41) is 17.5. The number of hydrogen-bond donors (Lipinski definition) is 1. The highest BCUT2D eigenvalue weighted by molar-refractivity contribution is 5.88. The summed E-state index contributed by atoms with van der Waals surface area (Å²) in [6, 6.07) is 0. The fraction of sp³-hybridized carbons (Fsp3) is 0.750. The molecule has 1 aromatic rings. The monoisotopic (exact) mass is 255 g/mol. The lowest BCUT2D eigenvalue weighted by molar-refractivity contribution is 0.0517. The first kappa shape index (κ1) is 14.6. The lowest BCUT2D eigenvalue weighted by Gasteiger charge is -2.10. The van der Waals surface area contributed by atoms with Gasteiger partial charge in [0.05, 0.1) is 24.9 Å². The molecule has 1 aromatic heterocycles. The average molecular weight is 255 g/mol. The van der Waals surface area contributed by atoms with E-state index in [2.05, 4.69) is 10.3 Å². The molecule has 0 aromatic carbocycles. The van der Waals surface area contributed by atoms with Gasteiger partial charge < -0.3 is 9.84 Å². The molecule has 1 N–H and O–H groups in total. The minimum Gasteiger partial charge on any atom is -0.461 e. The highest BCUT2D eigenvalue weighted by Crippen LogP contribution is 2.11. The maximum Gasteiger partial charge on any atom is 0.360 e. The van der Waals surface area contributed by atoms with Crippen molar-refractivity contribution in [2.24, 2.45) is 0 Å². The normalized spacial score (nSPS) is 12.4. The van der Waals surface area contributed by atoms with E-state index in [1.54, 1.807) is 11.6 Å². The molecule has 1 rings (SSSR count). The maximum absolute atomic E-state index is 11.7. The van der Waals surface area contributed by atoms with Crippen molar-refractivity contribution in [2.45, 2.75) is 52.7 Å². The number of nitrogens with zero attached hydrogens (tertiary/aromatic N) is 3. The zero-order valence-electron chi connectivity index (χ0n) is 11.2. The summed E-state index contributed by atoms with van der Waals surface area (Å²) >= 11 is 0. The molecule has 0 aliphatic carbocycles. The average Bonchev–Trinajstić information content (AvgIpc) is 2.73. The van der Waals surface area contributed by atoms with Crippen molar-refractivity contribution in [3.63, 3.8) is 0 Å². The Kier molecular flexibility index (Phi) is 5.77. The van der Waals surface area contributed by atoms with Gasteiger partial charge in [-0.15, -0.1) is 5.10 Å². The van der Waals surface area contributed by atoms with E-state index in [4.69, 9.17) is 4.74 Å². The van der Waals surface area contributed by atoms with Crippen LogP contribution >= 0.6 is 0 Å². The van der Waals surface area contributed by atoms with Crippen molar-refractivity contribution < 1.29 is 14.6 Å². The third-order valence-corrected chi connectivity index (χ3v) is 2.65. The molecule has 18 heavy (non-hydrogen) atoms. The predicted octanol–water partition coefficient (Wildman–Crippen LogP) is 1.18. The van der Waals surface area contributed by atoms with E-state index in [0.717, 1.165) is 12.1 Å². The molecule has 0 spiro atoms. The highest BCUT2D eigenvalue weighted by atomic mass is 16.5. The molecule has 0 radical (unpaired) electrons. The number of ether oxygens (including phenoxy) is 1. The van der Waals surface area contributed by atoms with Crippen molar-refractivity contribution in [2.75, 3.05) is 6.61 Å². The zero-order chi connectivity index (χ0) is 13.5. The van der Waals surface area contributed by atoms with Crippen LogP contribution in [0.25, 0.3) is 0 Å². The van der Waals surface area contributed by atoms with E-state index in [9.17, 15) is 9.90 Å². The van der Waals surface area contributed by atoms with Gasteiger partial charge in [-0.1, -0.05) is 25.5 Å². The number of aromatic nitrogens is 3. The summed E-state index contributed by atoms with van der Waals surface area (Å²) in [6.07, 6.45) is 1.73. The Morgan fingerprint density at radius 3 is 2.72 bits per heavy atom. The fourth-order valence-electron chi connectivity index (χ4n) is 1.65. The third-order valence-electron chi connectivity index (χ3n) is 2.65. The van der Waals surface area contributed by atoms with Crippen LogP contribution in [-0.2, 0) is 17.7 Å². The van der Waals surface area contributed by atoms with Gasteiger partial charge in [0.2, 0.25) is 0 Å². The molecule has 1 unspecified atom stereocenters. The van der Waals surface area contributed by atoms with Gasteiger partial charge in [0, 0.05) is 0 Å². The second-order valence-electron chi connectivity index (χ2n) is 4.10. The Labute approximate surface area is 107 Å². The van der Waals surface area contributed by atoms with Gasteiger partial charge in [0.25, 0.3) is 0 Å². The third kappa shape index (κ3) is 3.53. The van der Waals surface area contributed by atoms with Crippen molar-refractivity contribution in [3.8, 4) is 0 Å². The molecule has 1 heterocycles. The highest BCUT2D eigenvalue weighted by Gasteiger charge is 2.20. The van der Waals surface area contributed by atoms with Gasteiger partial charge in [-0.3, -0.25) is 0 Å². The molecule has 0 amide bonds. The molecule has 0 aliphatic heterocycles. The van der Waals surface area contributed by atoms with E-state index < -0.39 is 12.1 Å². The zero-order valence-corrected chi connectivity index (χ0v) is 11.2. The quantitative estimate of drug-likeness (QED) is 0.740. The van der Waals surface area contributed by atoms with Gasteiger partial charge in [0.15, 0.2) is 5.69 Å². The van der Waals surface area contributed by atoms with Gasteiger partial charge in [-0.05, 0) is 19.8 Å². The van der Waals surface area contributed by atoms with E-state index in [0.29, 0.717) is 26.0 Å². The standard InChI is InChI=1S/C12H21N3O3/c1-4-7-10-11(12(17)18-6-3)13-14-15(10)8-9(16)5-2/h9,16H,4-8H2,1-3H3. The van der Waals surface area contributed by atoms with Crippen molar-refractivity contribution in [1.29, 1.82) is 0 Å². The minimum atomic E-state index is -0.475. The van der Waals surface area contributed by atoms with Crippen LogP contribution in [0.4, 0.5) is 0 Å². The van der Waals surface area contributed by atoms with Crippen LogP contribution in [0.2, 0.25) is 0 Å². The summed E-state index contributed by atoms with van der Waals surface area (Å²) < 4.78 is 6.54. The summed E-state index contributed by atoms with van der Waals surface area (Å²) in [5.74, 6) is -0.446. The van der Waals surface area contributed by atoms with Crippen molar-refractivity contribution in [3.05, 3.63) is 11.4 Å². The molecule has 0 saturated carbocycles. The molecule has 0 saturated heterocycles. The van der Waals surface area contributed by atoms with Crippen LogP contribution in [0, 0.1) is 0 Å². The Morgan fingerprint density at radius 1 is 1.44 bits per heavy atom. The first-order valence-electron chi connectivity index (χ1n) is 6.41. The summed E-state index contributed by atoms with van der Waals surface area (Å²) in [7, 11) is 0. The van der Waals surface area contributed by atoms with Crippen LogP contribution in [0.1, 0.15) is 49.8 Å². The molecule has 0 fully saturated rings. The Balaban J connectivity index is 2.94. The smallest absolute Gasteiger partial charge is 0.360 e. The Hall–Kier alpha value is -1.43. The molecule has 6 heteroatoms. The van der Waals surface area contributed by atoms with E-state index >= 15 is 0 Å². The predicted molar refractivity (Wildman–Crippen MR) is 66.3 cm³/mol. The molecule has 1 atom stereocenters. The summed E-state index contributed by atoms with van der Waals surface area (Å²) in [6.45, 7) is 6.34. The minimum absolute atomic E-state index is 0.266. The topological polar surface area (TPSA) is 77.2 Å². The van der Waals surface area contributed by atoms with Crippen molar-refractivity contribution in [1.82, 2.24) is 15.0 Å². The van der Waals surface area contributed by atoms with E-state index in [1.807, 2.05) is 13.8 Å². The molecular weight excluding hydrogens is 234 g/mol. The lowest BCUT2D eigenvalue weighted by atomic mass is 10.2. The number of carbonyl (C=O) groups is 1. The number of rotatable bonds is 7.